The minimum Gasteiger partial charge on any atom is -0.370 e. The number of aromatic nitrogens is 3. The first-order valence-electron chi connectivity index (χ1n) is 9.36. The Labute approximate surface area is 173 Å². The van der Waals surface area contributed by atoms with Gasteiger partial charge in [0.05, 0.1) is 5.75 Å². The molecular formula is C21H23N5O2S. The number of benzene rings is 2. The van der Waals surface area contributed by atoms with Crippen molar-refractivity contribution < 1.29 is 9.59 Å². The van der Waals surface area contributed by atoms with Gasteiger partial charge in [0.15, 0.2) is 5.16 Å². The lowest BCUT2D eigenvalue weighted by atomic mass is 10.0. The molecule has 1 aromatic heterocycles. The summed E-state index contributed by atoms with van der Waals surface area (Å²) in [5, 5.41) is 11.9. The van der Waals surface area contributed by atoms with Crippen LogP contribution < -0.4 is 11.1 Å². The Balaban J connectivity index is 1.65. The maximum Gasteiger partial charge on any atom is 0.234 e. The number of hydrogen-bond donors (Lipinski definition) is 2. The van der Waals surface area contributed by atoms with Crippen molar-refractivity contribution in [1.29, 1.82) is 0 Å². The highest BCUT2D eigenvalue weighted by Gasteiger charge is 2.14. The molecule has 0 saturated carbocycles. The molecule has 3 N–H and O–H groups in total. The van der Waals surface area contributed by atoms with E-state index in [1.54, 1.807) is 0 Å². The van der Waals surface area contributed by atoms with E-state index in [1.165, 1.54) is 11.8 Å². The van der Waals surface area contributed by atoms with Crippen LogP contribution in [-0.2, 0) is 22.6 Å². The van der Waals surface area contributed by atoms with E-state index >= 15 is 0 Å². The topological polar surface area (TPSA) is 103 Å². The van der Waals surface area contributed by atoms with Gasteiger partial charge in [-0.3, -0.25) is 9.59 Å². The second kappa shape index (κ2) is 9.88. The molecule has 0 spiro atoms. The van der Waals surface area contributed by atoms with Gasteiger partial charge in [-0.2, -0.15) is 0 Å². The van der Waals surface area contributed by atoms with Crippen molar-refractivity contribution in [2.45, 2.75) is 31.5 Å². The van der Waals surface area contributed by atoms with Crippen molar-refractivity contribution >= 4 is 29.3 Å². The number of anilines is 1. The van der Waals surface area contributed by atoms with E-state index in [0.717, 1.165) is 16.8 Å². The first kappa shape index (κ1) is 20.6. The molecule has 2 aromatic carbocycles. The number of para-hydroxylation sites is 1. The zero-order chi connectivity index (χ0) is 20.6. The number of nitrogens with zero attached hydrogens (tertiary/aromatic N) is 3. The number of aryl methyl sites for hydroxylation is 1. The Bertz CT molecular complexity index is 988. The van der Waals surface area contributed by atoms with Crippen molar-refractivity contribution in [3.8, 4) is 11.1 Å². The van der Waals surface area contributed by atoms with Crippen LogP contribution in [0.4, 0.5) is 5.69 Å². The largest absolute Gasteiger partial charge is 0.370 e. The normalized spacial score (nSPS) is 10.7. The maximum absolute atomic E-state index is 12.5. The summed E-state index contributed by atoms with van der Waals surface area (Å²) >= 11 is 1.32. The second-order valence-electron chi connectivity index (χ2n) is 6.36. The second-order valence-corrected chi connectivity index (χ2v) is 7.30. The minimum absolute atomic E-state index is 0.122. The molecule has 0 radical (unpaired) electrons. The van der Waals surface area contributed by atoms with Crippen LogP contribution in [0.25, 0.3) is 11.1 Å². The van der Waals surface area contributed by atoms with E-state index in [0.29, 0.717) is 23.9 Å². The van der Waals surface area contributed by atoms with E-state index in [-0.39, 0.29) is 24.0 Å². The van der Waals surface area contributed by atoms with E-state index in [1.807, 2.05) is 66.1 Å². The van der Waals surface area contributed by atoms with Crippen LogP contribution in [0.2, 0.25) is 0 Å². The Morgan fingerprint density at radius 3 is 2.52 bits per heavy atom. The summed E-state index contributed by atoms with van der Waals surface area (Å²) in [4.78, 5) is 23.5. The van der Waals surface area contributed by atoms with Crippen molar-refractivity contribution in [1.82, 2.24) is 14.8 Å². The Morgan fingerprint density at radius 2 is 1.79 bits per heavy atom. The number of hydrogen-bond acceptors (Lipinski definition) is 5. The van der Waals surface area contributed by atoms with Gasteiger partial charge in [0.25, 0.3) is 0 Å². The summed E-state index contributed by atoms with van der Waals surface area (Å²) in [6, 6.07) is 17.6. The van der Waals surface area contributed by atoms with Crippen molar-refractivity contribution in [3.05, 3.63) is 60.4 Å². The minimum atomic E-state index is -0.374. The number of rotatable bonds is 9. The van der Waals surface area contributed by atoms with Gasteiger partial charge in [0.1, 0.15) is 5.82 Å². The van der Waals surface area contributed by atoms with Gasteiger partial charge in [-0.15, -0.1) is 10.2 Å². The molecule has 0 atom stereocenters. The van der Waals surface area contributed by atoms with Gasteiger partial charge >= 0.3 is 0 Å². The lowest BCUT2D eigenvalue weighted by Gasteiger charge is -2.11. The molecule has 0 aliphatic rings. The third-order valence-corrected chi connectivity index (χ3v) is 5.29. The number of amides is 2. The van der Waals surface area contributed by atoms with Crippen LogP contribution in [0.3, 0.4) is 0 Å². The number of nitrogens with one attached hydrogen (secondary N) is 1. The number of thioether (sulfide) groups is 1. The molecule has 0 bridgehead atoms. The molecule has 0 aliphatic carbocycles. The molecule has 0 saturated heterocycles. The SMILES string of the molecule is CCn1c(CCC(N)=O)nnc1SCC(=O)Nc1ccccc1-c1ccccc1. The average Bonchev–Trinajstić information content (AvgIpc) is 3.13. The number of primary amides is 1. The fraction of sp³-hybridized carbons (Fsp3) is 0.238. The molecule has 8 heteroatoms. The molecule has 150 valence electrons. The van der Waals surface area contributed by atoms with E-state index in [2.05, 4.69) is 15.5 Å². The average molecular weight is 410 g/mol. The Kier molecular flexibility index (Phi) is 7.02. The van der Waals surface area contributed by atoms with Gasteiger partial charge in [0.2, 0.25) is 11.8 Å². The smallest absolute Gasteiger partial charge is 0.234 e. The van der Waals surface area contributed by atoms with Crippen LogP contribution >= 0.6 is 11.8 Å². The third kappa shape index (κ3) is 5.45. The molecule has 1 heterocycles. The van der Waals surface area contributed by atoms with Gasteiger partial charge in [-0.05, 0) is 18.6 Å². The molecule has 3 rings (SSSR count). The molecule has 0 fully saturated rings. The van der Waals surface area contributed by atoms with Crippen LogP contribution in [0.5, 0.6) is 0 Å². The molecular weight excluding hydrogens is 386 g/mol. The third-order valence-electron chi connectivity index (χ3n) is 4.32. The van der Waals surface area contributed by atoms with Crippen LogP contribution in [0.15, 0.2) is 59.8 Å². The number of carbonyl (C=O) groups excluding carboxylic acids is 2. The van der Waals surface area contributed by atoms with Crippen molar-refractivity contribution in [2.24, 2.45) is 5.73 Å². The predicted molar refractivity (Wildman–Crippen MR) is 114 cm³/mol. The highest BCUT2D eigenvalue weighted by atomic mass is 32.2. The number of nitrogens with two attached hydrogens (primary N) is 1. The van der Waals surface area contributed by atoms with Crippen molar-refractivity contribution in [3.63, 3.8) is 0 Å². The fourth-order valence-electron chi connectivity index (χ4n) is 2.94. The van der Waals surface area contributed by atoms with Crippen LogP contribution in [0.1, 0.15) is 19.2 Å². The lowest BCUT2D eigenvalue weighted by molar-refractivity contribution is -0.118. The van der Waals surface area contributed by atoms with Crippen LogP contribution in [0, 0.1) is 0 Å². The lowest BCUT2D eigenvalue weighted by Crippen LogP contribution is -2.16. The van der Waals surface area contributed by atoms with Gasteiger partial charge < -0.3 is 15.6 Å². The summed E-state index contributed by atoms with van der Waals surface area (Å²) in [5.41, 5.74) is 7.99. The zero-order valence-corrected chi connectivity index (χ0v) is 17.0. The predicted octanol–water partition coefficient (Wildman–Crippen LogP) is 3.11. The molecule has 29 heavy (non-hydrogen) atoms. The summed E-state index contributed by atoms with van der Waals surface area (Å²) in [6.07, 6.45) is 0.660. The molecule has 7 nitrogen and oxygen atoms in total. The zero-order valence-electron chi connectivity index (χ0n) is 16.2. The fourth-order valence-corrected chi connectivity index (χ4v) is 3.76. The van der Waals surface area contributed by atoms with E-state index < -0.39 is 0 Å². The Morgan fingerprint density at radius 1 is 1.07 bits per heavy atom. The maximum atomic E-state index is 12.5. The monoisotopic (exact) mass is 409 g/mol. The molecule has 0 aliphatic heterocycles. The van der Waals surface area contributed by atoms with Crippen LogP contribution in [-0.4, -0.2) is 32.3 Å². The van der Waals surface area contributed by atoms with Gasteiger partial charge in [-0.25, -0.2) is 0 Å². The summed E-state index contributed by atoms with van der Waals surface area (Å²) in [7, 11) is 0. The van der Waals surface area contributed by atoms with Crippen molar-refractivity contribution in [2.75, 3.05) is 11.1 Å². The van der Waals surface area contributed by atoms with E-state index in [9.17, 15) is 9.59 Å². The first-order valence-corrected chi connectivity index (χ1v) is 10.3. The molecule has 3 aromatic rings. The highest BCUT2D eigenvalue weighted by Crippen LogP contribution is 2.28. The standard InChI is InChI=1S/C21H23N5O2S/c1-2-26-19(13-12-18(22)27)24-25-21(26)29-14-20(28)23-17-11-7-6-10-16(17)15-8-4-3-5-9-15/h3-11H,2,12-14H2,1H3,(H2,22,27)(H,23,28). The Hall–Kier alpha value is -3.13. The first-order chi connectivity index (χ1) is 14.1. The highest BCUT2D eigenvalue weighted by molar-refractivity contribution is 7.99. The van der Waals surface area contributed by atoms with Gasteiger partial charge in [0, 0.05) is 30.6 Å². The van der Waals surface area contributed by atoms with Gasteiger partial charge in [-0.1, -0.05) is 60.3 Å². The van der Waals surface area contributed by atoms with E-state index in [4.69, 9.17) is 5.73 Å². The number of carbonyl (C=O) groups is 2. The molecule has 0 unspecified atom stereocenters. The molecule has 2 amide bonds. The summed E-state index contributed by atoms with van der Waals surface area (Å²) in [5.74, 6) is 0.407. The summed E-state index contributed by atoms with van der Waals surface area (Å²) in [6.45, 7) is 2.62. The summed E-state index contributed by atoms with van der Waals surface area (Å²) < 4.78 is 1.90. The quantitative estimate of drug-likeness (QED) is 0.529.